The van der Waals surface area contributed by atoms with Gasteiger partial charge in [0, 0.05) is 5.69 Å². The summed E-state index contributed by atoms with van der Waals surface area (Å²) >= 11 is 0. The Balaban J connectivity index is 1.89. The molecule has 19 heavy (non-hydrogen) atoms. The second kappa shape index (κ2) is 6.43. The largest absolute Gasteiger partial charge is 0.325 e. The molecule has 0 aromatic heterocycles. The van der Waals surface area contributed by atoms with E-state index in [0.29, 0.717) is 5.69 Å². The maximum atomic E-state index is 12.7. The predicted octanol–water partition coefficient (Wildman–Crippen LogP) is 1.82. The van der Waals surface area contributed by atoms with Crippen LogP contribution in [0.1, 0.15) is 19.3 Å². The van der Waals surface area contributed by atoms with Crippen LogP contribution in [0.25, 0.3) is 0 Å². The van der Waals surface area contributed by atoms with Crippen LogP contribution in [0.15, 0.2) is 24.3 Å². The lowest BCUT2D eigenvalue weighted by Crippen LogP contribution is -2.44. The Bertz CT molecular complexity index is 447. The van der Waals surface area contributed by atoms with Crippen molar-refractivity contribution in [1.29, 1.82) is 0 Å². The summed E-state index contributed by atoms with van der Waals surface area (Å²) in [6.45, 7) is 0.959. The molecule has 1 N–H and O–H groups in total. The first-order valence-corrected chi connectivity index (χ1v) is 6.44. The van der Waals surface area contributed by atoms with E-state index in [1.807, 2.05) is 4.90 Å². The molecular weight excluding hydrogens is 247 g/mol. The van der Waals surface area contributed by atoms with Crippen molar-refractivity contribution in [2.24, 2.45) is 0 Å². The van der Waals surface area contributed by atoms with Gasteiger partial charge in [-0.05, 0) is 43.7 Å². The van der Waals surface area contributed by atoms with E-state index in [1.165, 1.54) is 24.3 Å². The number of aldehydes is 1. The van der Waals surface area contributed by atoms with Crippen molar-refractivity contribution in [1.82, 2.24) is 4.90 Å². The smallest absolute Gasteiger partial charge is 0.238 e. The fraction of sp³-hybridized carbons (Fsp3) is 0.429. The predicted molar refractivity (Wildman–Crippen MR) is 70.3 cm³/mol. The molecule has 0 bridgehead atoms. The second-order valence-electron chi connectivity index (χ2n) is 4.72. The van der Waals surface area contributed by atoms with Crippen LogP contribution >= 0.6 is 0 Å². The van der Waals surface area contributed by atoms with Gasteiger partial charge in [-0.1, -0.05) is 6.42 Å². The van der Waals surface area contributed by atoms with Crippen LogP contribution in [0.3, 0.4) is 0 Å². The molecule has 1 fully saturated rings. The molecule has 4 nitrogen and oxygen atoms in total. The summed E-state index contributed by atoms with van der Waals surface area (Å²) in [6, 6.07) is 5.46. The highest BCUT2D eigenvalue weighted by atomic mass is 19.1. The van der Waals surface area contributed by atoms with Crippen LogP contribution in [0.4, 0.5) is 10.1 Å². The van der Waals surface area contributed by atoms with Crippen molar-refractivity contribution >= 4 is 17.9 Å². The highest BCUT2D eigenvalue weighted by molar-refractivity contribution is 5.92. The average Bonchev–Trinajstić information content (AvgIpc) is 2.42. The normalized spacial score (nSPS) is 19.9. The zero-order valence-corrected chi connectivity index (χ0v) is 10.6. The Hall–Kier alpha value is -1.75. The summed E-state index contributed by atoms with van der Waals surface area (Å²) in [5.74, 6) is -0.518. The van der Waals surface area contributed by atoms with E-state index in [-0.39, 0.29) is 24.3 Å². The zero-order valence-electron chi connectivity index (χ0n) is 10.6. The topological polar surface area (TPSA) is 49.4 Å². The van der Waals surface area contributed by atoms with Crippen LogP contribution in [0.2, 0.25) is 0 Å². The number of nitrogens with zero attached hydrogens (tertiary/aromatic N) is 1. The molecule has 0 aliphatic carbocycles. The van der Waals surface area contributed by atoms with E-state index in [0.717, 1.165) is 32.1 Å². The Kier molecular flexibility index (Phi) is 4.63. The minimum atomic E-state index is -0.338. The molecule has 0 saturated carbocycles. The number of piperidine rings is 1. The standard InChI is InChI=1S/C14H17FN2O2/c15-11-4-6-12(7-5-11)16-14(19)9-17-8-2-1-3-13(17)10-18/h4-7,10,13H,1-3,8-9H2,(H,16,19). The Labute approximate surface area is 111 Å². The lowest BCUT2D eigenvalue weighted by atomic mass is 10.0. The van der Waals surface area contributed by atoms with Gasteiger partial charge in [0.1, 0.15) is 12.1 Å². The van der Waals surface area contributed by atoms with Gasteiger partial charge in [0.2, 0.25) is 5.91 Å². The first-order valence-electron chi connectivity index (χ1n) is 6.44. The number of carbonyl (C=O) groups excluding carboxylic acids is 2. The third-order valence-corrected chi connectivity index (χ3v) is 3.30. The lowest BCUT2D eigenvalue weighted by molar-refractivity contribution is -0.120. The van der Waals surface area contributed by atoms with Crippen molar-refractivity contribution in [3.05, 3.63) is 30.1 Å². The first kappa shape index (κ1) is 13.7. The summed E-state index contributed by atoms with van der Waals surface area (Å²) in [6.07, 6.45) is 3.76. The molecule has 1 saturated heterocycles. The van der Waals surface area contributed by atoms with Gasteiger partial charge in [0.25, 0.3) is 0 Å². The van der Waals surface area contributed by atoms with Crippen LogP contribution in [0.5, 0.6) is 0 Å². The molecule has 2 rings (SSSR count). The van der Waals surface area contributed by atoms with Crippen molar-refractivity contribution in [3.8, 4) is 0 Å². The van der Waals surface area contributed by atoms with Crippen LogP contribution in [-0.4, -0.2) is 36.2 Å². The fourth-order valence-corrected chi connectivity index (χ4v) is 2.29. The zero-order chi connectivity index (χ0) is 13.7. The van der Waals surface area contributed by atoms with Gasteiger partial charge < -0.3 is 10.1 Å². The van der Waals surface area contributed by atoms with Crippen LogP contribution in [0, 0.1) is 5.82 Å². The van der Waals surface area contributed by atoms with E-state index < -0.39 is 0 Å². The SMILES string of the molecule is O=CC1CCCCN1CC(=O)Nc1ccc(F)cc1. The van der Waals surface area contributed by atoms with E-state index in [2.05, 4.69) is 5.32 Å². The van der Waals surface area contributed by atoms with Gasteiger partial charge in [-0.3, -0.25) is 9.69 Å². The molecule has 1 aliphatic rings. The van der Waals surface area contributed by atoms with Gasteiger partial charge >= 0.3 is 0 Å². The maximum Gasteiger partial charge on any atom is 0.238 e. The number of hydrogen-bond acceptors (Lipinski definition) is 3. The van der Waals surface area contributed by atoms with Gasteiger partial charge in [-0.2, -0.15) is 0 Å². The van der Waals surface area contributed by atoms with Crippen LogP contribution < -0.4 is 5.32 Å². The summed E-state index contributed by atoms with van der Waals surface area (Å²) in [4.78, 5) is 24.7. The molecule has 1 unspecified atom stereocenters. The lowest BCUT2D eigenvalue weighted by Gasteiger charge is -2.31. The molecule has 0 radical (unpaired) electrons. The minimum absolute atomic E-state index is 0.160. The molecular formula is C14H17FN2O2. The third kappa shape index (κ3) is 3.86. The Morgan fingerprint density at radius 2 is 2.11 bits per heavy atom. The number of amides is 1. The molecule has 1 aromatic carbocycles. The number of likely N-dealkylation sites (tertiary alicyclic amines) is 1. The quantitative estimate of drug-likeness (QED) is 0.844. The van der Waals surface area contributed by atoms with Gasteiger partial charge in [0.05, 0.1) is 12.6 Å². The molecule has 1 atom stereocenters. The van der Waals surface area contributed by atoms with Crippen molar-refractivity contribution in [2.45, 2.75) is 25.3 Å². The first-order chi connectivity index (χ1) is 9.19. The van der Waals surface area contributed by atoms with Gasteiger partial charge in [-0.25, -0.2) is 4.39 Å². The molecule has 5 heteroatoms. The number of nitrogens with one attached hydrogen (secondary N) is 1. The van der Waals surface area contributed by atoms with Gasteiger partial charge in [0.15, 0.2) is 0 Å². The maximum absolute atomic E-state index is 12.7. The molecule has 0 spiro atoms. The van der Waals surface area contributed by atoms with E-state index in [4.69, 9.17) is 0 Å². The summed E-state index contributed by atoms with van der Waals surface area (Å²) in [5, 5.41) is 2.70. The van der Waals surface area contributed by atoms with E-state index >= 15 is 0 Å². The molecule has 102 valence electrons. The molecule has 1 aliphatic heterocycles. The monoisotopic (exact) mass is 264 g/mol. The molecule has 1 heterocycles. The Morgan fingerprint density at radius 1 is 1.37 bits per heavy atom. The van der Waals surface area contributed by atoms with Crippen molar-refractivity contribution in [2.75, 3.05) is 18.4 Å². The number of carbonyl (C=O) groups is 2. The number of benzene rings is 1. The average molecular weight is 264 g/mol. The second-order valence-corrected chi connectivity index (χ2v) is 4.72. The summed E-state index contributed by atoms with van der Waals surface area (Å²) in [5.41, 5.74) is 0.561. The van der Waals surface area contributed by atoms with Crippen LogP contribution in [-0.2, 0) is 9.59 Å². The summed E-state index contributed by atoms with van der Waals surface area (Å²) in [7, 11) is 0. The van der Waals surface area contributed by atoms with Gasteiger partial charge in [-0.15, -0.1) is 0 Å². The van der Waals surface area contributed by atoms with Crippen molar-refractivity contribution < 1.29 is 14.0 Å². The number of rotatable bonds is 4. The fourth-order valence-electron chi connectivity index (χ4n) is 2.29. The summed E-state index contributed by atoms with van der Waals surface area (Å²) < 4.78 is 12.7. The Morgan fingerprint density at radius 3 is 2.79 bits per heavy atom. The van der Waals surface area contributed by atoms with E-state index in [1.54, 1.807) is 0 Å². The third-order valence-electron chi connectivity index (χ3n) is 3.30. The number of hydrogen-bond donors (Lipinski definition) is 1. The molecule has 1 amide bonds. The number of halogens is 1. The highest BCUT2D eigenvalue weighted by Gasteiger charge is 2.23. The molecule has 1 aromatic rings. The minimum Gasteiger partial charge on any atom is -0.325 e. The highest BCUT2D eigenvalue weighted by Crippen LogP contribution is 2.15. The van der Waals surface area contributed by atoms with Crippen molar-refractivity contribution in [3.63, 3.8) is 0 Å². The van der Waals surface area contributed by atoms with E-state index in [9.17, 15) is 14.0 Å². The number of anilines is 1.